The van der Waals surface area contributed by atoms with Gasteiger partial charge < -0.3 is 20.5 Å². The molecule has 0 saturated heterocycles. The van der Waals surface area contributed by atoms with E-state index in [1.807, 2.05) is 24.3 Å². The minimum Gasteiger partial charge on any atom is -0.491 e. The number of aryl methyl sites for hydroxylation is 1. The first-order valence-corrected chi connectivity index (χ1v) is 9.25. The molecule has 1 aliphatic carbocycles. The van der Waals surface area contributed by atoms with E-state index in [0.717, 1.165) is 37.1 Å². The van der Waals surface area contributed by atoms with Crippen LogP contribution in [0.5, 0.6) is 5.75 Å². The van der Waals surface area contributed by atoms with E-state index in [-0.39, 0.29) is 23.9 Å². The van der Waals surface area contributed by atoms with Crippen LogP contribution in [0.4, 0.5) is 0 Å². The lowest BCUT2D eigenvalue weighted by Gasteiger charge is -2.28. The molecule has 154 valence electrons. The molecule has 0 aliphatic heterocycles. The zero-order chi connectivity index (χ0) is 19.3. The Balaban J connectivity index is 0.00000280. The predicted octanol–water partition coefficient (Wildman–Crippen LogP) is 2.02. The molecule has 2 aromatic rings. The van der Waals surface area contributed by atoms with Crippen molar-refractivity contribution in [2.24, 2.45) is 5.73 Å². The van der Waals surface area contributed by atoms with Crippen molar-refractivity contribution in [3.8, 4) is 11.4 Å². The fourth-order valence-electron chi connectivity index (χ4n) is 3.35. The van der Waals surface area contributed by atoms with Gasteiger partial charge in [0.15, 0.2) is 5.69 Å². The van der Waals surface area contributed by atoms with Crippen molar-refractivity contribution in [3.63, 3.8) is 0 Å². The average Bonchev–Trinajstić information content (AvgIpc) is 3.30. The number of amides is 1. The molecule has 1 saturated carbocycles. The standard InChI is InChI=1S/C19H27N5O3.ClH/c1-14-17(18(25)21-19(13-20)9-3-4-10-19)23-24(22-14)15-5-7-16(8-6-15)27-12-11-26-2;/h5-8H,3-4,9-13,20H2,1-2H3,(H,21,25);1H. The van der Waals surface area contributed by atoms with Crippen LogP contribution in [0.25, 0.3) is 5.69 Å². The van der Waals surface area contributed by atoms with Crippen molar-refractivity contribution in [2.45, 2.75) is 38.1 Å². The Morgan fingerprint density at radius 2 is 1.89 bits per heavy atom. The van der Waals surface area contributed by atoms with Crippen molar-refractivity contribution < 1.29 is 14.3 Å². The monoisotopic (exact) mass is 409 g/mol. The van der Waals surface area contributed by atoms with E-state index < -0.39 is 0 Å². The van der Waals surface area contributed by atoms with Crippen LogP contribution in [0, 0.1) is 6.92 Å². The molecule has 0 radical (unpaired) electrons. The largest absolute Gasteiger partial charge is 0.491 e. The van der Waals surface area contributed by atoms with Gasteiger partial charge in [0.25, 0.3) is 5.91 Å². The summed E-state index contributed by atoms with van der Waals surface area (Å²) in [5.41, 5.74) is 7.27. The number of aromatic nitrogens is 3. The van der Waals surface area contributed by atoms with Crippen LogP contribution in [0.1, 0.15) is 41.9 Å². The molecule has 1 fully saturated rings. The predicted molar refractivity (Wildman–Crippen MR) is 108 cm³/mol. The molecule has 28 heavy (non-hydrogen) atoms. The molecular weight excluding hydrogens is 382 g/mol. The van der Waals surface area contributed by atoms with Gasteiger partial charge in [-0.15, -0.1) is 17.5 Å². The summed E-state index contributed by atoms with van der Waals surface area (Å²) in [7, 11) is 1.63. The Morgan fingerprint density at radius 3 is 2.50 bits per heavy atom. The highest BCUT2D eigenvalue weighted by molar-refractivity contribution is 5.93. The second-order valence-electron chi connectivity index (χ2n) is 6.90. The number of rotatable bonds is 8. The van der Waals surface area contributed by atoms with Gasteiger partial charge in [-0.05, 0) is 44.0 Å². The van der Waals surface area contributed by atoms with Gasteiger partial charge in [0.2, 0.25) is 0 Å². The molecule has 9 heteroatoms. The molecule has 0 bridgehead atoms. The maximum absolute atomic E-state index is 12.7. The zero-order valence-corrected chi connectivity index (χ0v) is 17.1. The Kier molecular flexibility index (Phi) is 7.79. The van der Waals surface area contributed by atoms with Crippen LogP contribution in [0.3, 0.4) is 0 Å². The van der Waals surface area contributed by atoms with Crippen molar-refractivity contribution in [1.82, 2.24) is 20.3 Å². The lowest BCUT2D eigenvalue weighted by molar-refractivity contribution is 0.0897. The fraction of sp³-hybridized carbons (Fsp3) is 0.526. The SMILES string of the molecule is COCCOc1ccc(-n2nc(C)c(C(=O)NC3(CN)CCCC3)n2)cc1.Cl. The number of halogens is 1. The van der Waals surface area contributed by atoms with Gasteiger partial charge in [0.05, 0.1) is 23.5 Å². The number of carbonyl (C=O) groups excluding carboxylic acids is 1. The summed E-state index contributed by atoms with van der Waals surface area (Å²) < 4.78 is 10.5. The van der Waals surface area contributed by atoms with Crippen LogP contribution >= 0.6 is 12.4 Å². The molecule has 8 nitrogen and oxygen atoms in total. The van der Waals surface area contributed by atoms with Gasteiger partial charge in [0.1, 0.15) is 12.4 Å². The first kappa shape index (κ1) is 22.1. The second-order valence-corrected chi connectivity index (χ2v) is 6.90. The molecule has 1 aromatic carbocycles. The summed E-state index contributed by atoms with van der Waals surface area (Å²) in [4.78, 5) is 14.2. The lowest BCUT2D eigenvalue weighted by Crippen LogP contribution is -2.51. The number of benzene rings is 1. The third kappa shape index (κ3) is 5.01. The summed E-state index contributed by atoms with van der Waals surface area (Å²) in [6.45, 7) is 3.24. The van der Waals surface area contributed by atoms with Crippen LogP contribution in [0.2, 0.25) is 0 Å². The highest BCUT2D eigenvalue weighted by atomic mass is 35.5. The van der Waals surface area contributed by atoms with Gasteiger partial charge in [-0.1, -0.05) is 12.8 Å². The molecule has 3 rings (SSSR count). The summed E-state index contributed by atoms with van der Waals surface area (Å²) in [5.74, 6) is 0.523. The number of nitrogens with two attached hydrogens (primary N) is 1. The highest BCUT2D eigenvalue weighted by Crippen LogP contribution is 2.29. The minimum absolute atomic E-state index is 0. The molecule has 3 N–H and O–H groups in total. The first-order valence-electron chi connectivity index (χ1n) is 9.25. The molecule has 0 atom stereocenters. The topological polar surface area (TPSA) is 104 Å². The van der Waals surface area contributed by atoms with Crippen LogP contribution in [0.15, 0.2) is 24.3 Å². The van der Waals surface area contributed by atoms with E-state index in [2.05, 4.69) is 15.5 Å². The smallest absolute Gasteiger partial charge is 0.274 e. The van der Waals surface area contributed by atoms with Crippen molar-refractivity contribution in [1.29, 1.82) is 0 Å². The van der Waals surface area contributed by atoms with E-state index in [0.29, 0.717) is 31.1 Å². The highest BCUT2D eigenvalue weighted by Gasteiger charge is 2.35. The Bertz CT molecular complexity index is 772. The van der Waals surface area contributed by atoms with E-state index in [1.165, 1.54) is 4.80 Å². The van der Waals surface area contributed by atoms with E-state index in [4.69, 9.17) is 15.2 Å². The van der Waals surface area contributed by atoms with Gasteiger partial charge in [-0.25, -0.2) is 0 Å². The zero-order valence-electron chi connectivity index (χ0n) is 16.3. The third-order valence-corrected chi connectivity index (χ3v) is 4.95. The summed E-state index contributed by atoms with van der Waals surface area (Å²) in [6.07, 6.45) is 3.99. The first-order chi connectivity index (χ1) is 13.1. The number of nitrogens with zero attached hydrogens (tertiary/aromatic N) is 3. The quantitative estimate of drug-likeness (QED) is 0.646. The molecule has 1 aliphatic rings. The number of carbonyl (C=O) groups is 1. The molecule has 1 aromatic heterocycles. The Labute approximate surface area is 171 Å². The van der Waals surface area contributed by atoms with E-state index >= 15 is 0 Å². The Morgan fingerprint density at radius 1 is 1.21 bits per heavy atom. The second kappa shape index (κ2) is 9.86. The van der Waals surface area contributed by atoms with Gasteiger partial charge >= 0.3 is 0 Å². The number of hydrogen-bond acceptors (Lipinski definition) is 6. The number of methoxy groups -OCH3 is 1. The fourth-order valence-corrected chi connectivity index (χ4v) is 3.35. The third-order valence-electron chi connectivity index (χ3n) is 4.95. The maximum Gasteiger partial charge on any atom is 0.274 e. The average molecular weight is 410 g/mol. The van der Waals surface area contributed by atoms with Crippen molar-refractivity contribution >= 4 is 18.3 Å². The van der Waals surface area contributed by atoms with Gasteiger partial charge in [-0.2, -0.15) is 9.90 Å². The van der Waals surface area contributed by atoms with E-state index in [9.17, 15) is 4.79 Å². The number of nitrogens with one attached hydrogen (secondary N) is 1. The maximum atomic E-state index is 12.7. The van der Waals surface area contributed by atoms with E-state index in [1.54, 1.807) is 14.0 Å². The molecule has 0 spiro atoms. The van der Waals surface area contributed by atoms with Gasteiger partial charge in [0, 0.05) is 13.7 Å². The number of ether oxygens (including phenoxy) is 2. The van der Waals surface area contributed by atoms with Crippen LogP contribution in [-0.2, 0) is 4.74 Å². The van der Waals surface area contributed by atoms with Gasteiger partial charge in [-0.3, -0.25) is 4.79 Å². The lowest BCUT2D eigenvalue weighted by atomic mass is 9.97. The van der Waals surface area contributed by atoms with Crippen molar-refractivity contribution in [3.05, 3.63) is 35.7 Å². The normalized spacial score (nSPS) is 15.1. The molecule has 1 amide bonds. The molecule has 0 unspecified atom stereocenters. The summed E-state index contributed by atoms with van der Waals surface area (Å²) in [5, 5.41) is 11.9. The number of hydrogen-bond donors (Lipinski definition) is 2. The summed E-state index contributed by atoms with van der Waals surface area (Å²) in [6, 6.07) is 7.37. The Hall–Kier alpha value is -2.16. The van der Waals surface area contributed by atoms with Crippen molar-refractivity contribution in [2.75, 3.05) is 26.9 Å². The molecule has 1 heterocycles. The van der Waals surface area contributed by atoms with Crippen LogP contribution < -0.4 is 15.8 Å². The van der Waals surface area contributed by atoms with Crippen LogP contribution in [-0.4, -0.2) is 53.3 Å². The summed E-state index contributed by atoms with van der Waals surface area (Å²) >= 11 is 0. The molecular formula is C19H28ClN5O3. The minimum atomic E-state index is -0.311.